The summed E-state index contributed by atoms with van der Waals surface area (Å²) in [6, 6.07) is 12.4. The predicted molar refractivity (Wildman–Crippen MR) is 127 cm³/mol. The van der Waals surface area contributed by atoms with E-state index in [0.717, 1.165) is 36.4 Å². The van der Waals surface area contributed by atoms with Crippen LogP contribution in [0.15, 0.2) is 65.7 Å². The molecule has 0 amide bonds. The van der Waals surface area contributed by atoms with Crippen LogP contribution in [0.4, 0.5) is 8.78 Å². The van der Waals surface area contributed by atoms with Crippen molar-refractivity contribution in [2.24, 2.45) is 0 Å². The number of benzene rings is 2. The quantitative estimate of drug-likeness (QED) is 0.343. The molecule has 2 unspecified atom stereocenters. The van der Waals surface area contributed by atoms with Crippen LogP contribution >= 0.6 is 11.6 Å². The standard InChI is InChI=1S/C24H26ClF2N3O3S/c1-2-16-4-3-5-17(8-16)13-28-15-23(31)22(11-18-9-19(26)12-20(27)10-18)30-34(32,33)21-6-7-24(25)29-14-21/h3-10,12,14,22-23,28,30-31H,2,11,13,15H2,1H3. The highest BCUT2D eigenvalue weighted by Crippen LogP contribution is 2.16. The van der Waals surface area contributed by atoms with Gasteiger partial charge >= 0.3 is 0 Å². The number of aryl methyl sites for hydroxylation is 1. The maximum Gasteiger partial charge on any atom is 0.242 e. The Morgan fingerprint density at radius 1 is 1.03 bits per heavy atom. The maximum absolute atomic E-state index is 13.7. The Balaban J connectivity index is 1.76. The van der Waals surface area contributed by atoms with E-state index in [9.17, 15) is 22.3 Å². The van der Waals surface area contributed by atoms with Gasteiger partial charge in [0, 0.05) is 25.4 Å². The Morgan fingerprint density at radius 2 is 1.74 bits per heavy atom. The largest absolute Gasteiger partial charge is 0.390 e. The first-order valence-corrected chi connectivity index (χ1v) is 12.6. The number of nitrogens with zero attached hydrogens (tertiary/aromatic N) is 1. The Labute approximate surface area is 203 Å². The lowest BCUT2D eigenvalue weighted by Gasteiger charge is -2.25. The zero-order valence-electron chi connectivity index (χ0n) is 18.5. The van der Waals surface area contributed by atoms with Crippen LogP contribution < -0.4 is 10.0 Å². The number of nitrogens with one attached hydrogen (secondary N) is 2. The SMILES string of the molecule is CCc1cccc(CNCC(O)C(Cc2cc(F)cc(F)c2)NS(=O)(=O)c2ccc(Cl)nc2)c1. The van der Waals surface area contributed by atoms with E-state index < -0.39 is 33.8 Å². The number of sulfonamides is 1. The van der Waals surface area contributed by atoms with Gasteiger partial charge in [0.1, 0.15) is 21.7 Å². The average Bonchev–Trinajstić information content (AvgIpc) is 2.78. The van der Waals surface area contributed by atoms with Gasteiger partial charge in [0.2, 0.25) is 10.0 Å². The van der Waals surface area contributed by atoms with E-state index in [2.05, 4.69) is 21.9 Å². The van der Waals surface area contributed by atoms with Crippen LogP contribution in [0, 0.1) is 11.6 Å². The van der Waals surface area contributed by atoms with Gasteiger partial charge in [-0.05, 0) is 53.8 Å². The fourth-order valence-electron chi connectivity index (χ4n) is 3.49. The molecule has 0 fully saturated rings. The fraction of sp³-hybridized carbons (Fsp3) is 0.292. The van der Waals surface area contributed by atoms with Crippen LogP contribution in [-0.2, 0) is 29.4 Å². The molecule has 6 nitrogen and oxygen atoms in total. The Kier molecular flexibility index (Phi) is 9.10. The predicted octanol–water partition coefficient (Wildman–Crippen LogP) is 3.62. The van der Waals surface area contributed by atoms with Gasteiger partial charge in [0.15, 0.2) is 0 Å². The van der Waals surface area contributed by atoms with Crippen molar-refractivity contribution in [3.63, 3.8) is 0 Å². The van der Waals surface area contributed by atoms with Gasteiger partial charge < -0.3 is 10.4 Å². The second-order valence-corrected chi connectivity index (χ2v) is 10.00. The fourth-order valence-corrected chi connectivity index (χ4v) is 4.82. The van der Waals surface area contributed by atoms with Gasteiger partial charge in [0.25, 0.3) is 0 Å². The molecule has 182 valence electrons. The molecule has 0 aliphatic heterocycles. The number of hydrogen-bond donors (Lipinski definition) is 3. The van der Waals surface area contributed by atoms with Gasteiger partial charge in [-0.1, -0.05) is 42.8 Å². The highest BCUT2D eigenvalue weighted by molar-refractivity contribution is 7.89. The lowest BCUT2D eigenvalue weighted by Crippen LogP contribution is -2.48. The second-order valence-electron chi connectivity index (χ2n) is 7.90. The molecule has 0 aliphatic carbocycles. The van der Waals surface area contributed by atoms with Crippen molar-refractivity contribution in [2.75, 3.05) is 6.54 Å². The van der Waals surface area contributed by atoms with E-state index >= 15 is 0 Å². The van der Waals surface area contributed by atoms with Crippen LogP contribution in [0.3, 0.4) is 0 Å². The van der Waals surface area contributed by atoms with Crippen LogP contribution in [-0.4, -0.2) is 37.2 Å². The minimum absolute atomic E-state index is 0.0419. The van der Waals surface area contributed by atoms with Gasteiger partial charge in [0.05, 0.1) is 12.1 Å². The summed E-state index contributed by atoms with van der Waals surface area (Å²) in [6.45, 7) is 2.55. The molecule has 0 saturated heterocycles. The summed E-state index contributed by atoms with van der Waals surface area (Å²) in [5, 5.41) is 14.1. The van der Waals surface area contributed by atoms with E-state index in [1.807, 2.05) is 24.3 Å². The van der Waals surface area contributed by atoms with Crippen molar-refractivity contribution in [3.8, 4) is 0 Å². The van der Waals surface area contributed by atoms with Gasteiger partial charge in [-0.15, -0.1) is 0 Å². The molecule has 0 saturated carbocycles. The molecule has 1 heterocycles. The first-order chi connectivity index (χ1) is 16.2. The van der Waals surface area contributed by atoms with Crippen molar-refractivity contribution in [2.45, 2.75) is 43.4 Å². The van der Waals surface area contributed by atoms with E-state index in [1.54, 1.807) is 0 Å². The molecule has 0 bridgehead atoms. The summed E-state index contributed by atoms with van der Waals surface area (Å²) in [5.41, 5.74) is 2.40. The number of rotatable bonds is 11. The van der Waals surface area contributed by atoms with Gasteiger partial charge in [-0.3, -0.25) is 0 Å². The highest BCUT2D eigenvalue weighted by atomic mass is 35.5. The van der Waals surface area contributed by atoms with Crippen molar-refractivity contribution in [1.82, 2.24) is 15.0 Å². The number of pyridine rings is 1. The first kappa shape index (κ1) is 26.2. The monoisotopic (exact) mass is 509 g/mol. The van der Waals surface area contributed by atoms with E-state index in [0.29, 0.717) is 6.54 Å². The van der Waals surface area contributed by atoms with Crippen molar-refractivity contribution < 1.29 is 22.3 Å². The second kappa shape index (κ2) is 11.8. The Bertz CT molecular complexity index is 1190. The molecule has 3 aromatic rings. The Hall–Kier alpha value is -2.43. The Morgan fingerprint density at radius 3 is 2.38 bits per heavy atom. The summed E-state index contributed by atoms with van der Waals surface area (Å²) in [6.07, 6.45) is 0.651. The number of aliphatic hydroxyl groups excluding tert-OH is 1. The minimum atomic E-state index is -4.09. The summed E-state index contributed by atoms with van der Waals surface area (Å²) >= 11 is 5.74. The molecule has 1 aromatic heterocycles. The number of hydrogen-bond acceptors (Lipinski definition) is 5. The molecular weight excluding hydrogens is 484 g/mol. The summed E-state index contributed by atoms with van der Waals surface area (Å²) in [4.78, 5) is 3.63. The molecule has 0 aliphatic rings. The van der Waals surface area contributed by atoms with Crippen LogP contribution in [0.25, 0.3) is 0 Å². The van der Waals surface area contributed by atoms with E-state index in [1.165, 1.54) is 17.7 Å². The highest BCUT2D eigenvalue weighted by Gasteiger charge is 2.27. The number of aromatic nitrogens is 1. The summed E-state index contributed by atoms with van der Waals surface area (Å²) in [5.74, 6) is -1.58. The van der Waals surface area contributed by atoms with Crippen molar-refractivity contribution >= 4 is 21.6 Å². The molecule has 2 atom stereocenters. The molecule has 34 heavy (non-hydrogen) atoms. The summed E-state index contributed by atoms with van der Waals surface area (Å²) < 4.78 is 55.6. The van der Waals surface area contributed by atoms with Crippen LogP contribution in [0.2, 0.25) is 5.15 Å². The smallest absolute Gasteiger partial charge is 0.242 e. The molecule has 0 radical (unpaired) electrons. The third-order valence-corrected chi connectivity index (χ3v) is 6.94. The van der Waals surface area contributed by atoms with Crippen molar-refractivity contribution in [1.29, 1.82) is 0 Å². The zero-order valence-corrected chi connectivity index (χ0v) is 20.1. The zero-order chi connectivity index (χ0) is 24.7. The molecule has 2 aromatic carbocycles. The van der Waals surface area contributed by atoms with Crippen LogP contribution in [0.1, 0.15) is 23.6 Å². The molecule has 3 N–H and O–H groups in total. The lowest BCUT2D eigenvalue weighted by molar-refractivity contribution is 0.134. The topological polar surface area (TPSA) is 91.3 Å². The van der Waals surface area contributed by atoms with E-state index in [-0.39, 0.29) is 28.6 Å². The molecular formula is C24H26ClF2N3O3S. The van der Waals surface area contributed by atoms with Crippen molar-refractivity contribution in [3.05, 3.63) is 94.3 Å². The third kappa shape index (κ3) is 7.54. The molecule has 3 rings (SSSR count). The molecule has 0 spiro atoms. The third-order valence-electron chi connectivity index (χ3n) is 5.24. The molecule has 10 heteroatoms. The lowest BCUT2D eigenvalue weighted by atomic mass is 10.0. The minimum Gasteiger partial charge on any atom is -0.390 e. The first-order valence-electron chi connectivity index (χ1n) is 10.7. The van der Waals surface area contributed by atoms with Gasteiger partial charge in [-0.2, -0.15) is 0 Å². The number of aliphatic hydroxyl groups is 1. The average molecular weight is 510 g/mol. The van der Waals surface area contributed by atoms with E-state index in [4.69, 9.17) is 11.6 Å². The maximum atomic E-state index is 13.7. The van der Waals surface area contributed by atoms with Gasteiger partial charge in [-0.25, -0.2) is 26.9 Å². The summed E-state index contributed by atoms with van der Waals surface area (Å²) in [7, 11) is -4.09. The normalized spacial score (nSPS) is 13.6. The van der Waals surface area contributed by atoms with Crippen LogP contribution in [0.5, 0.6) is 0 Å². The number of halogens is 3.